The Labute approximate surface area is 117 Å². The van der Waals surface area contributed by atoms with Gasteiger partial charge >= 0.3 is 0 Å². The van der Waals surface area contributed by atoms with Crippen LogP contribution < -0.4 is 5.32 Å². The van der Waals surface area contributed by atoms with Crippen molar-refractivity contribution < 1.29 is 0 Å². The van der Waals surface area contributed by atoms with Crippen LogP contribution in [0.2, 0.25) is 0 Å². The molecule has 2 heterocycles. The summed E-state index contributed by atoms with van der Waals surface area (Å²) >= 11 is 0. The fourth-order valence-corrected chi connectivity index (χ4v) is 2.93. The molecular weight excluding hydrogens is 236 g/mol. The number of piperidine rings is 1. The SMILES string of the molecule is CCC(C)n1ccc(CN2CCC(NC)C(C)C2)n1. The number of nitrogens with zero attached hydrogens (tertiary/aromatic N) is 3. The highest BCUT2D eigenvalue weighted by molar-refractivity contribution is 5.00. The van der Waals surface area contributed by atoms with Crippen LogP contribution in [0.1, 0.15) is 45.3 Å². The number of aromatic nitrogens is 2. The van der Waals surface area contributed by atoms with Gasteiger partial charge in [0.1, 0.15) is 0 Å². The van der Waals surface area contributed by atoms with E-state index in [1.807, 2.05) is 0 Å². The summed E-state index contributed by atoms with van der Waals surface area (Å²) in [6.45, 7) is 10.1. The molecule has 0 aromatic carbocycles. The normalized spacial score (nSPS) is 26.5. The molecule has 4 heteroatoms. The van der Waals surface area contributed by atoms with Gasteiger partial charge in [-0.3, -0.25) is 9.58 Å². The summed E-state index contributed by atoms with van der Waals surface area (Å²) in [5, 5.41) is 8.12. The van der Waals surface area contributed by atoms with Crippen molar-refractivity contribution in [2.75, 3.05) is 20.1 Å². The molecule has 1 N–H and O–H groups in total. The standard InChI is InChI=1S/C15H28N4/c1-5-13(3)19-9-6-14(17-19)11-18-8-7-15(16-4)12(2)10-18/h6,9,12-13,15-16H,5,7-8,10-11H2,1-4H3. The van der Waals surface area contributed by atoms with Gasteiger partial charge in [-0.25, -0.2) is 0 Å². The van der Waals surface area contributed by atoms with Gasteiger partial charge in [0.05, 0.1) is 5.69 Å². The maximum atomic E-state index is 4.70. The Morgan fingerprint density at radius 1 is 1.53 bits per heavy atom. The lowest BCUT2D eigenvalue weighted by molar-refractivity contribution is 0.143. The molecule has 108 valence electrons. The van der Waals surface area contributed by atoms with Crippen molar-refractivity contribution in [3.05, 3.63) is 18.0 Å². The Hall–Kier alpha value is -0.870. The molecule has 0 bridgehead atoms. The van der Waals surface area contributed by atoms with Crippen LogP contribution in [-0.2, 0) is 6.54 Å². The summed E-state index contributed by atoms with van der Waals surface area (Å²) in [7, 11) is 2.07. The molecule has 4 nitrogen and oxygen atoms in total. The molecule has 0 spiro atoms. The second-order valence-corrected chi connectivity index (χ2v) is 5.94. The smallest absolute Gasteiger partial charge is 0.0764 e. The van der Waals surface area contributed by atoms with Crippen LogP contribution in [0.15, 0.2) is 12.3 Å². The summed E-state index contributed by atoms with van der Waals surface area (Å²) in [6, 6.07) is 3.35. The summed E-state index contributed by atoms with van der Waals surface area (Å²) in [5.74, 6) is 0.718. The molecule has 0 aliphatic carbocycles. The van der Waals surface area contributed by atoms with Crippen molar-refractivity contribution in [1.82, 2.24) is 20.0 Å². The van der Waals surface area contributed by atoms with Crippen LogP contribution in [0, 0.1) is 5.92 Å². The molecular formula is C15H28N4. The van der Waals surface area contributed by atoms with Crippen LogP contribution in [0.4, 0.5) is 0 Å². The minimum Gasteiger partial charge on any atom is -0.317 e. The Morgan fingerprint density at radius 2 is 2.32 bits per heavy atom. The molecule has 3 unspecified atom stereocenters. The number of hydrogen-bond donors (Lipinski definition) is 1. The number of likely N-dealkylation sites (tertiary alicyclic amines) is 1. The van der Waals surface area contributed by atoms with Gasteiger partial charge < -0.3 is 5.32 Å². The fourth-order valence-electron chi connectivity index (χ4n) is 2.93. The van der Waals surface area contributed by atoms with Crippen molar-refractivity contribution >= 4 is 0 Å². The Bertz CT molecular complexity index is 387. The maximum Gasteiger partial charge on any atom is 0.0764 e. The van der Waals surface area contributed by atoms with E-state index in [0.29, 0.717) is 12.1 Å². The first-order valence-corrected chi connectivity index (χ1v) is 7.57. The van der Waals surface area contributed by atoms with Crippen molar-refractivity contribution in [2.45, 2.75) is 52.2 Å². The Kier molecular flexibility index (Phi) is 4.99. The van der Waals surface area contributed by atoms with E-state index in [0.717, 1.165) is 18.9 Å². The van der Waals surface area contributed by atoms with E-state index in [1.165, 1.54) is 25.2 Å². The van der Waals surface area contributed by atoms with E-state index in [1.54, 1.807) is 0 Å². The highest BCUT2D eigenvalue weighted by Gasteiger charge is 2.25. The van der Waals surface area contributed by atoms with Crippen molar-refractivity contribution in [2.24, 2.45) is 5.92 Å². The first-order valence-electron chi connectivity index (χ1n) is 7.57. The zero-order valence-corrected chi connectivity index (χ0v) is 12.8. The molecule has 1 fully saturated rings. The molecule has 1 aromatic heterocycles. The average molecular weight is 264 g/mol. The van der Waals surface area contributed by atoms with Crippen molar-refractivity contribution in [3.8, 4) is 0 Å². The zero-order chi connectivity index (χ0) is 13.8. The van der Waals surface area contributed by atoms with Crippen molar-refractivity contribution in [1.29, 1.82) is 0 Å². The summed E-state index contributed by atoms with van der Waals surface area (Å²) in [6.07, 6.45) is 4.49. The van der Waals surface area contributed by atoms with E-state index >= 15 is 0 Å². The predicted octanol–water partition coefficient (Wildman–Crippen LogP) is 2.28. The molecule has 0 radical (unpaired) electrons. The van der Waals surface area contributed by atoms with Crippen LogP contribution in [0.3, 0.4) is 0 Å². The third-order valence-corrected chi connectivity index (χ3v) is 4.45. The zero-order valence-electron chi connectivity index (χ0n) is 12.8. The minimum atomic E-state index is 0.503. The summed E-state index contributed by atoms with van der Waals surface area (Å²) < 4.78 is 2.10. The van der Waals surface area contributed by atoms with E-state index in [-0.39, 0.29) is 0 Å². The van der Waals surface area contributed by atoms with E-state index in [2.05, 4.69) is 55.0 Å². The summed E-state index contributed by atoms with van der Waals surface area (Å²) in [4.78, 5) is 2.53. The quantitative estimate of drug-likeness (QED) is 0.886. The van der Waals surface area contributed by atoms with E-state index < -0.39 is 0 Å². The molecule has 19 heavy (non-hydrogen) atoms. The topological polar surface area (TPSA) is 33.1 Å². The minimum absolute atomic E-state index is 0.503. The fraction of sp³-hybridized carbons (Fsp3) is 0.800. The monoisotopic (exact) mass is 264 g/mol. The lowest BCUT2D eigenvalue weighted by atomic mass is 9.94. The van der Waals surface area contributed by atoms with Crippen LogP contribution in [-0.4, -0.2) is 40.9 Å². The van der Waals surface area contributed by atoms with Gasteiger partial charge in [-0.15, -0.1) is 0 Å². The number of rotatable bonds is 5. The lowest BCUT2D eigenvalue weighted by Crippen LogP contribution is -2.46. The largest absolute Gasteiger partial charge is 0.317 e. The predicted molar refractivity (Wildman–Crippen MR) is 79.1 cm³/mol. The van der Waals surface area contributed by atoms with Gasteiger partial charge in [0, 0.05) is 37.9 Å². The third-order valence-electron chi connectivity index (χ3n) is 4.45. The molecule has 1 aromatic rings. The van der Waals surface area contributed by atoms with Crippen LogP contribution in [0.25, 0.3) is 0 Å². The van der Waals surface area contributed by atoms with Gasteiger partial charge in [0.15, 0.2) is 0 Å². The van der Waals surface area contributed by atoms with Gasteiger partial charge in [-0.2, -0.15) is 5.10 Å². The first-order chi connectivity index (χ1) is 9.13. The van der Waals surface area contributed by atoms with Crippen molar-refractivity contribution in [3.63, 3.8) is 0 Å². The van der Waals surface area contributed by atoms with Gasteiger partial charge in [0.25, 0.3) is 0 Å². The highest BCUT2D eigenvalue weighted by atomic mass is 15.3. The second kappa shape index (κ2) is 6.53. The molecule has 1 aliphatic heterocycles. The Morgan fingerprint density at radius 3 is 2.95 bits per heavy atom. The molecule has 2 rings (SSSR count). The third kappa shape index (κ3) is 3.57. The average Bonchev–Trinajstić information content (AvgIpc) is 2.86. The maximum absolute atomic E-state index is 4.70. The number of hydrogen-bond acceptors (Lipinski definition) is 3. The van der Waals surface area contributed by atoms with Gasteiger partial charge in [-0.05, 0) is 38.8 Å². The lowest BCUT2D eigenvalue weighted by Gasteiger charge is -2.36. The van der Waals surface area contributed by atoms with Crippen LogP contribution in [0.5, 0.6) is 0 Å². The van der Waals surface area contributed by atoms with Gasteiger partial charge in [0.2, 0.25) is 0 Å². The Balaban J connectivity index is 1.90. The first kappa shape index (κ1) is 14.5. The molecule has 1 aliphatic rings. The second-order valence-electron chi connectivity index (χ2n) is 5.94. The molecule has 1 saturated heterocycles. The summed E-state index contributed by atoms with van der Waals surface area (Å²) in [5.41, 5.74) is 1.20. The molecule has 0 saturated carbocycles. The molecule has 0 amide bonds. The van der Waals surface area contributed by atoms with Crippen LogP contribution >= 0.6 is 0 Å². The highest BCUT2D eigenvalue weighted by Crippen LogP contribution is 2.18. The van der Waals surface area contributed by atoms with E-state index in [4.69, 9.17) is 5.10 Å². The van der Waals surface area contributed by atoms with Gasteiger partial charge in [-0.1, -0.05) is 13.8 Å². The van der Waals surface area contributed by atoms with E-state index in [9.17, 15) is 0 Å². The molecule has 3 atom stereocenters. The number of nitrogens with one attached hydrogen (secondary N) is 1.